The van der Waals surface area contributed by atoms with E-state index in [9.17, 15) is 5.11 Å². The Hall–Kier alpha value is -0.120. The van der Waals surface area contributed by atoms with Crippen LogP contribution in [0, 0.1) is 5.41 Å². The van der Waals surface area contributed by atoms with Crippen LogP contribution in [-0.4, -0.2) is 31.0 Å². The fraction of sp³-hybridized carbons (Fsp3) is 1.00. The van der Waals surface area contributed by atoms with Crippen molar-refractivity contribution < 1.29 is 9.84 Å². The van der Waals surface area contributed by atoms with E-state index in [2.05, 4.69) is 0 Å². The van der Waals surface area contributed by atoms with Crippen LogP contribution >= 0.6 is 0 Å². The topological polar surface area (TPSA) is 55.5 Å². The van der Waals surface area contributed by atoms with Gasteiger partial charge in [0.1, 0.15) is 0 Å². The molecule has 0 heterocycles. The van der Waals surface area contributed by atoms with Crippen molar-refractivity contribution in [1.82, 2.24) is 0 Å². The van der Waals surface area contributed by atoms with Gasteiger partial charge in [0.2, 0.25) is 0 Å². The summed E-state index contributed by atoms with van der Waals surface area (Å²) in [5.74, 6) is 0. The van der Waals surface area contributed by atoms with Gasteiger partial charge in [-0.3, -0.25) is 0 Å². The molecule has 0 radical (unpaired) electrons. The molecular weight excluding hydrogens is 166 g/mol. The Kier molecular flexibility index (Phi) is 3.33. The smallest absolute Gasteiger partial charge is 0.0919 e. The SMILES string of the molecule is COCC(C)(O)C1(CN)CCCC1. The van der Waals surface area contributed by atoms with Gasteiger partial charge in [-0.2, -0.15) is 0 Å². The van der Waals surface area contributed by atoms with Crippen LogP contribution in [0.5, 0.6) is 0 Å². The average molecular weight is 187 g/mol. The highest BCUT2D eigenvalue weighted by atomic mass is 16.5. The van der Waals surface area contributed by atoms with Gasteiger partial charge in [0.25, 0.3) is 0 Å². The molecule has 1 fully saturated rings. The number of aliphatic hydroxyl groups is 1. The number of ether oxygens (including phenoxy) is 1. The van der Waals surface area contributed by atoms with Gasteiger partial charge in [-0.15, -0.1) is 0 Å². The lowest BCUT2D eigenvalue weighted by molar-refractivity contribution is -0.107. The molecule has 1 aliphatic rings. The van der Waals surface area contributed by atoms with Crippen LogP contribution in [0.4, 0.5) is 0 Å². The van der Waals surface area contributed by atoms with E-state index in [0.717, 1.165) is 12.8 Å². The van der Waals surface area contributed by atoms with Crippen molar-refractivity contribution in [2.45, 2.75) is 38.2 Å². The molecule has 1 atom stereocenters. The van der Waals surface area contributed by atoms with E-state index in [1.807, 2.05) is 6.92 Å². The van der Waals surface area contributed by atoms with Crippen LogP contribution in [0.2, 0.25) is 0 Å². The molecule has 1 aliphatic carbocycles. The number of methoxy groups -OCH3 is 1. The normalized spacial score (nSPS) is 25.8. The van der Waals surface area contributed by atoms with Gasteiger partial charge in [0.15, 0.2) is 0 Å². The van der Waals surface area contributed by atoms with Crippen molar-refractivity contribution in [2.24, 2.45) is 11.1 Å². The summed E-state index contributed by atoms with van der Waals surface area (Å²) in [6.07, 6.45) is 4.41. The second-order valence-electron chi connectivity index (χ2n) is 4.40. The molecule has 0 bridgehead atoms. The number of hydrogen-bond acceptors (Lipinski definition) is 3. The van der Waals surface area contributed by atoms with E-state index in [4.69, 9.17) is 10.5 Å². The lowest BCUT2D eigenvalue weighted by Gasteiger charge is -2.41. The Morgan fingerprint density at radius 2 is 2.00 bits per heavy atom. The summed E-state index contributed by atoms with van der Waals surface area (Å²) in [7, 11) is 1.62. The molecule has 13 heavy (non-hydrogen) atoms. The van der Waals surface area contributed by atoms with E-state index in [0.29, 0.717) is 13.2 Å². The Labute approximate surface area is 80.3 Å². The zero-order valence-corrected chi connectivity index (χ0v) is 8.68. The second-order valence-corrected chi connectivity index (χ2v) is 4.40. The van der Waals surface area contributed by atoms with Crippen LogP contribution in [0.1, 0.15) is 32.6 Å². The van der Waals surface area contributed by atoms with Gasteiger partial charge < -0.3 is 15.6 Å². The first kappa shape index (κ1) is 11.0. The van der Waals surface area contributed by atoms with E-state index >= 15 is 0 Å². The van der Waals surface area contributed by atoms with Crippen LogP contribution in [0.3, 0.4) is 0 Å². The number of nitrogens with two attached hydrogens (primary N) is 1. The third-order valence-electron chi connectivity index (χ3n) is 3.52. The summed E-state index contributed by atoms with van der Waals surface area (Å²) >= 11 is 0. The van der Waals surface area contributed by atoms with Gasteiger partial charge in [0, 0.05) is 19.1 Å². The summed E-state index contributed by atoms with van der Waals surface area (Å²) in [6, 6.07) is 0. The summed E-state index contributed by atoms with van der Waals surface area (Å²) in [4.78, 5) is 0. The van der Waals surface area contributed by atoms with Crippen molar-refractivity contribution in [3.8, 4) is 0 Å². The molecule has 0 saturated heterocycles. The van der Waals surface area contributed by atoms with Crippen molar-refractivity contribution in [2.75, 3.05) is 20.3 Å². The van der Waals surface area contributed by atoms with Crippen molar-refractivity contribution in [3.05, 3.63) is 0 Å². The highest BCUT2D eigenvalue weighted by molar-refractivity contribution is 4.99. The molecule has 0 aromatic carbocycles. The van der Waals surface area contributed by atoms with Gasteiger partial charge in [0.05, 0.1) is 12.2 Å². The molecule has 0 spiro atoms. The standard InChI is InChI=1S/C10H21NO2/c1-9(12,8-13-2)10(7-11)5-3-4-6-10/h12H,3-8,11H2,1-2H3. The van der Waals surface area contributed by atoms with Crippen molar-refractivity contribution in [1.29, 1.82) is 0 Å². The first-order valence-electron chi connectivity index (χ1n) is 4.99. The first-order valence-corrected chi connectivity index (χ1v) is 4.99. The maximum atomic E-state index is 10.3. The molecule has 3 nitrogen and oxygen atoms in total. The molecule has 3 N–H and O–H groups in total. The zero-order valence-electron chi connectivity index (χ0n) is 8.68. The highest BCUT2D eigenvalue weighted by Crippen LogP contribution is 2.45. The monoisotopic (exact) mass is 187 g/mol. The molecule has 3 heteroatoms. The van der Waals surface area contributed by atoms with Gasteiger partial charge in [-0.1, -0.05) is 12.8 Å². The fourth-order valence-electron chi connectivity index (χ4n) is 2.45. The van der Waals surface area contributed by atoms with E-state index in [1.54, 1.807) is 7.11 Å². The summed E-state index contributed by atoms with van der Waals surface area (Å²) in [5.41, 5.74) is 4.89. The molecule has 1 saturated carbocycles. The maximum Gasteiger partial charge on any atom is 0.0919 e. The molecule has 0 aliphatic heterocycles. The largest absolute Gasteiger partial charge is 0.387 e. The Morgan fingerprint density at radius 1 is 1.46 bits per heavy atom. The molecule has 1 rings (SSSR count). The lowest BCUT2D eigenvalue weighted by Crippen LogP contribution is -2.51. The van der Waals surface area contributed by atoms with Gasteiger partial charge in [-0.25, -0.2) is 0 Å². The highest BCUT2D eigenvalue weighted by Gasteiger charge is 2.47. The minimum atomic E-state index is -0.771. The Bertz CT molecular complexity index is 162. The summed E-state index contributed by atoms with van der Waals surface area (Å²) < 4.78 is 5.04. The molecule has 1 unspecified atom stereocenters. The average Bonchev–Trinajstić information content (AvgIpc) is 2.53. The predicted octanol–water partition coefficient (Wildman–Crippen LogP) is 0.903. The Morgan fingerprint density at radius 3 is 2.38 bits per heavy atom. The van der Waals surface area contributed by atoms with Crippen LogP contribution in [0.25, 0.3) is 0 Å². The number of rotatable bonds is 4. The first-order chi connectivity index (χ1) is 6.08. The van der Waals surface area contributed by atoms with Crippen molar-refractivity contribution >= 4 is 0 Å². The quantitative estimate of drug-likeness (QED) is 0.687. The molecule has 78 valence electrons. The van der Waals surface area contributed by atoms with Crippen LogP contribution in [-0.2, 0) is 4.74 Å². The summed E-state index contributed by atoms with van der Waals surface area (Å²) in [6.45, 7) is 2.78. The van der Waals surface area contributed by atoms with E-state index in [-0.39, 0.29) is 5.41 Å². The number of hydrogen-bond donors (Lipinski definition) is 2. The zero-order chi connectivity index (χ0) is 9.95. The maximum absolute atomic E-state index is 10.3. The fourth-order valence-corrected chi connectivity index (χ4v) is 2.45. The van der Waals surface area contributed by atoms with E-state index in [1.165, 1.54) is 12.8 Å². The molecule has 0 aromatic rings. The van der Waals surface area contributed by atoms with Crippen molar-refractivity contribution in [3.63, 3.8) is 0 Å². The molecule has 0 amide bonds. The Balaban J connectivity index is 2.73. The van der Waals surface area contributed by atoms with Crippen LogP contribution < -0.4 is 5.73 Å². The lowest BCUT2D eigenvalue weighted by atomic mass is 9.71. The van der Waals surface area contributed by atoms with Gasteiger partial charge in [-0.05, 0) is 19.8 Å². The second kappa shape index (κ2) is 3.95. The minimum Gasteiger partial charge on any atom is -0.387 e. The predicted molar refractivity (Wildman–Crippen MR) is 52.5 cm³/mol. The third kappa shape index (κ3) is 1.87. The summed E-state index contributed by atoms with van der Waals surface area (Å²) in [5, 5.41) is 10.3. The molecule has 0 aromatic heterocycles. The molecular formula is C10H21NO2. The van der Waals surface area contributed by atoms with E-state index < -0.39 is 5.60 Å². The third-order valence-corrected chi connectivity index (χ3v) is 3.52. The minimum absolute atomic E-state index is 0.108. The van der Waals surface area contributed by atoms with Crippen LogP contribution in [0.15, 0.2) is 0 Å². The van der Waals surface area contributed by atoms with Gasteiger partial charge >= 0.3 is 0 Å².